The van der Waals surface area contributed by atoms with Gasteiger partial charge in [-0.2, -0.15) is 0 Å². The van der Waals surface area contributed by atoms with Crippen molar-refractivity contribution >= 4 is 29.9 Å². The minimum absolute atomic E-state index is 0. The predicted molar refractivity (Wildman–Crippen MR) is 107 cm³/mol. The summed E-state index contributed by atoms with van der Waals surface area (Å²) in [5.74, 6) is 0.903. The van der Waals surface area contributed by atoms with E-state index in [1.54, 1.807) is 7.11 Å². The molecule has 1 rings (SSSR count). The summed E-state index contributed by atoms with van der Waals surface area (Å²) in [6, 6.07) is 1.18. The average molecular weight is 442 g/mol. The van der Waals surface area contributed by atoms with Gasteiger partial charge in [-0.25, -0.2) is 0 Å². The van der Waals surface area contributed by atoms with E-state index >= 15 is 0 Å². The molecule has 0 aromatic carbocycles. The molecule has 7 heteroatoms. The van der Waals surface area contributed by atoms with Gasteiger partial charge in [-0.1, -0.05) is 0 Å². The van der Waals surface area contributed by atoms with Crippen LogP contribution in [0, 0.1) is 0 Å². The average Bonchev–Trinajstić information content (AvgIpc) is 2.53. The van der Waals surface area contributed by atoms with Crippen LogP contribution in [0.4, 0.5) is 0 Å². The van der Waals surface area contributed by atoms with Gasteiger partial charge < -0.3 is 25.0 Å². The SMILES string of the molecule is CN=C(NCCCOCCOC)NC1CCN(C(C)C)CC1.I. The van der Waals surface area contributed by atoms with Gasteiger partial charge in [-0.05, 0) is 33.1 Å². The van der Waals surface area contributed by atoms with Crippen LogP contribution in [0.3, 0.4) is 0 Å². The van der Waals surface area contributed by atoms with E-state index in [1.807, 2.05) is 7.05 Å². The monoisotopic (exact) mass is 442 g/mol. The van der Waals surface area contributed by atoms with E-state index in [0.29, 0.717) is 25.3 Å². The minimum atomic E-state index is 0. The summed E-state index contributed by atoms with van der Waals surface area (Å²) in [6.45, 7) is 9.81. The third-order valence-electron chi connectivity index (χ3n) is 4.01. The molecule has 138 valence electrons. The highest BCUT2D eigenvalue weighted by Crippen LogP contribution is 2.12. The van der Waals surface area contributed by atoms with E-state index < -0.39 is 0 Å². The van der Waals surface area contributed by atoms with Gasteiger partial charge in [0, 0.05) is 52.5 Å². The lowest BCUT2D eigenvalue weighted by Gasteiger charge is -2.35. The number of nitrogens with zero attached hydrogens (tertiary/aromatic N) is 2. The maximum atomic E-state index is 5.44. The molecule has 0 saturated carbocycles. The van der Waals surface area contributed by atoms with Crippen molar-refractivity contribution in [3.05, 3.63) is 0 Å². The van der Waals surface area contributed by atoms with Gasteiger partial charge in [0.1, 0.15) is 0 Å². The number of hydrogen-bond acceptors (Lipinski definition) is 4. The van der Waals surface area contributed by atoms with Crippen molar-refractivity contribution in [2.24, 2.45) is 4.99 Å². The molecule has 1 saturated heterocycles. The lowest BCUT2D eigenvalue weighted by atomic mass is 10.0. The lowest BCUT2D eigenvalue weighted by molar-refractivity contribution is 0.0698. The van der Waals surface area contributed by atoms with Crippen molar-refractivity contribution in [1.29, 1.82) is 0 Å². The first kappa shape index (κ1) is 22.9. The molecule has 0 bridgehead atoms. The Kier molecular flexibility index (Phi) is 14.2. The molecule has 1 heterocycles. The Bertz CT molecular complexity index is 308. The smallest absolute Gasteiger partial charge is 0.191 e. The molecule has 0 unspecified atom stereocenters. The summed E-state index contributed by atoms with van der Waals surface area (Å²) in [4.78, 5) is 6.84. The lowest BCUT2D eigenvalue weighted by Crippen LogP contribution is -2.50. The molecule has 1 fully saturated rings. The van der Waals surface area contributed by atoms with Crippen molar-refractivity contribution in [1.82, 2.24) is 15.5 Å². The summed E-state index contributed by atoms with van der Waals surface area (Å²) in [5, 5.41) is 6.88. The van der Waals surface area contributed by atoms with Crippen LogP contribution < -0.4 is 10.6 Å². The Labute approximate surface area is 158 Å². The number of hydrogen-bond donors (Lipinski definition) is 2. The molecule has 0 atom stereocenters. The highest BCUT2D eigenvalue weighted by molar-refractivity contribution is 14.0. The van der Waals surface area contributed by atoms with Gasteiger partial charge in [-0.3, -0.25) is 4.99 Å². The predicted octanol–water partition coefficient (Wildman–Crippen LogP) is 1.70. The van der Waals surface area contributed by atoms with Crippen molar-refractivity contribution < 1.29 is 9.47 Å². The van der Waals surface area contributed by atoms with Gasteiger partial charge in [0.25, 0.3) is 0 Å². The first-order chi connectivity index (χ1) is 10.7. The highest BCUT2D eigenvalue weighted by Gasteiger charge is 2.21. The molecule has 0 aromatic rings. The summed E-state index contributed by atoms with van der Waals surface area (Å²) in [7, 11) is 3.51. The van der Waals surface area contributed by atoms with E-state index in [1.165, 1.54) is 25.9 Å². The minimum Gasteiger partial charge on any atom is -0.382 e. The van der Waals surface area contributed by atoms with Gasteiger partial charge in [-0.15, -0.1) is 24.0 Å². The molecule has 0 radical (unpaired) electrons. The fraction of sp³-hybridized carbons (Fsp3) is 0.938. The molecular weight excluding hydrogens is 407 g/mol. The van der Waals surface area contributed by atoms with Gasteiger partial charge in [0.05, 0.1) is 13.2 Å². The fourth-order valence-corrected chi connectivity index (χ4v) is 2.57. The largest absolute Gasteiger partial charge is 0.382 e. The van der Waals surface area contributed by atoms with Crippen LogP contribution in [0.1, 0.15) is 33.1 Å². The van der Waals surface area contributed by atoms with E-state index in [0.717, 1.165) is 25.5 Å². The number of likely N-dealkylation sites (tertiary alicyclic amines) is 1. The molecule has 0 aromatic heterocycles. The molecule has 2 N–H and O–H groups in total. The number of rotatable bonds is 9. The third kappa shape index (κ3) is 10.4. The first-order valence-corrected chi connectivity index (χ1v) is 8.45. The first-order valence-electron chi connectivity index (χ1n) is 8.45. The van der Waals surface area contributed by atoms with Crippen LogP contribution in [0.5, 0.6) is 0 Å². The number of ether oxygens (including phenoxy) is 2. The molecule has 6 nitrogen and oxygen atoms in total. The van der Waals surface area contributed by atoms with E-state index in [9.17, 15) is 0 Å². The number of halogens is 1. The Morgan fingerprint density at radius 2 is 1.91 bits per heavy atom. The standard InChI is InChI=1S/C16H34N4O2.HI/c1-14(2)20-9-6-15(7-10-20)19-16(17-3)18-8-5-11-22-13-12-21-4;/h14-15H,5-13H2,1-4H3,(H2,17,18,19);1H. The molecule has 0 spiro atoms. The summed E-state index contributed by atoms with van der Waals surface area (Å²) >= 11 is 0. The second-order valence-electron chi connectivity index (χ2n) is 6.01. The summed E-state index contributed by atoms with van der Waals surface area (Å²) in [6.07, 6.45) is 3.33. The molecule has 0 amide bonds. The molecule has 1 aliphatic heterocycles. The van der Waals surface area contributed by atoms with Gasteiger partial charge in [0.2, 0.25) is 0 Å². The van der Waals surface area contributed by atoms with E-state index in [-0.39, 0.29) is 24.0 Å². The molecule has 1 aliphatic rings. The zero-order chi connectivity index (χ0) is 16.2. The van der Waals surface area contributed by atoms with Crippen molar-refractivity contribution in [3.63, 3.8) is 0 Å². The quantitative estimate of drug-likeness (QED) is 0.247. The molecule has 23 heavy (non-hydrogen) atoms. The molecular formula is C16H35IN4O2. The zero-order valence-electron chi connectivity index (χ0n) is 15.1. The maximum absolute atomic E-state index is 5.44. The third-order valence-corrected chi connectivity index (χ3v) is 4.01. The topological polar surface area (TPSA) is 58.1 Å². The Morgan fingerprint density at radius 3 is 2.48 bits per heavy atom. The van der Waals surface area contributed by atoms with Crippen molar-refractivity contribution in [2.45, 2.75) is 45.2 Å². The Balaban J connectivity index is 0.00000484. The van der Waals surface area contributed by atoms with Gasteiger partial charge >= 0.3 is 0 Å². The summed E-state index contributed by atoms with van der Waals surface area (Å²) in [5.41, 5.74) is 0. The van der Waals surface area contributed by atoms with Crippen LogP contribution in [-0.4, -0.2) is 76.6 Å². The number of methoxy groups -OCH3 is 1. The Morgan fingerprint density at radius 1 is 1.22 bits per heavy atom. The normalized spacial score (nSPS) is 17.2. The second kappa shape index (κ2) is 14.2. The zero-order valence-corrected chi connectivity index (χ0v) is 17.5. The summed E-state index contributed by atoms with van der Waals surface area (Å²) < 4.78 is 10.4. The van der Waals surface area contributed by atoms with Crippen LogP contribution in [0.15, 0.2) is 4.99 Å². The van der Waals surface area contributed by atoms with Crippen LogP contribution in [-0.2, 0) is 9.47 Å². The number of nitrogens with one attached hydrogen (secondary N) is 2. The highest BCUT2D eigenvalue weighted by atomic mass is 127. The Hall–Kier alpha value is -0.120. The second-order valence-corrected chi connectivity index (χ2v) is 6.01. The number of guanidine groups is 1. The number of piperidine rings is 1. The van der Waals surface area contributed by atoms with Crippen LogP contribution in [0.2, 0.25) is 0 Å². The van der Waals surface area contributed by atoms with Gasteiger partial charge in [0.15, 0.2) is 5.96 Å². The van der Waals surface area contributed by atoms with Crippen LogP contribution in [0.25, 0.3) is 0 Å². The fourth-order valence-electron chi connectivity index (χ4n) is 2.57. The van der Waals surface area contributed by atoms with E-state index in [2.05, 4.69) is 34.4 Å². The van der Waals surface area contributed by atoms with E-state index in [4.69, 9.17) is 9.47 Å². The van der Waals surface area contributed by atoms with Crippen LogP contribution >= 0.6 is 24.0 Å². The number of aliphatic imine (C=N–C) groups is 1. The molecule has 0 aliphatic carbocycles. The van der Waals surface area contributed by atoms with Crippen molar-refractivity contribution in [3.8, 4) is 0 Å². The maximum Gasteiger partial charge on any atom is 0.191 e. The van der Waals surface area contributed by atoms with Crippen molar-refractivity contribution in [2.75, 3.05) is 53.6 Å².